The summed E-state index contributed by atoms with van der Waals surface area (Å²) in [4.78, 5) is 11.9. The Morgan fingerprint density at radius 2 is 1.96 bits per heavy atom. The van der Waals surface area contributed by atoms with Crippen LogP contribution in [-0.4, -0.2) is 10.5 Å². The van der Waals surface area contributed by atoms with Gasteiger partial charge in [0, 0.05) is 27.4 Å². The topological polar surface area (TPSA) is 48.0 Å². The minimum absolute atomic E-state index is 0.416. The summed E-state index contributed by atoms with van der Waals surface area (Å²) in [5.41, 5.74) is 10.5. The highest BCUT2D eigenvalue weighted by molar-refractivity contribution is 9.10. The van der Waals surface area contributed by atoms with Crippen LogP contribution in [0.2, 0.25) is 0 Å². The Bertz CT molecular complexity index is 1130. The van der Waals surface area contributed by atoms with Gasteiger partial charge in [-0.15, -0.1) is 0 Å². The van der Waals surface area contributed by atoms with Crippen molar-refractivity contribution in [3.05, 3.63) is 81.8 Å². The van der Waals surface area contributed by atoms with Gasteiger partial charge >= 0.3 is 0 Å². The van der Waals surface area contributed by atoms with Crippen LogP contribution in [0, 0.1) is 13.0 Å². The van der Waals surface area contributed by atoms with Crippen LogP contribution in [0.15, 0.2) is 59.1 Å². The van der Waals surface area contributed by atoms with Crippen LogP contribution in [0.3, 0.4) is 0 Å². The third-order valence-electron chi connectivity index (χ3n) is 4.43. The molecule has 123 valence electrons. The van der Waals surface area contributed by atoms with E-state index in [-0.39, 0.29) is 0 Å². The van der Waals surface area contributed by atoms with E-state index >= 15 is 0 Å². The van der Waals surface area contributed by atoms with Crippen LogP contribution in [0.4, 0.5) is 0 Å². The molecule has 0 fully saturated rings. The average molecular weight is 392 g/mol. The second kappa shape index (κ2) is 6.05. The van der Waals surface area contributed by atoms with Gasteiger partial charge in [-0.25, -0.2) is 0 Å². The first-order valence-corrected chi connectivity index (χ1v) is 8.81. The van der Waals surface area contributed by atoms with Crippen molar-refractivity contribution in [3.8, 4) is 0 Å². The molecule has 2 N–H and O–H groups in total. The Morgan fingerprint density at radius 3 is 2.72 bits per heavy atom. The first-order valence-electron chi connectivity index (χ1n) is 8.02. The molecule has 1 amide bonds. The fourth-order valence-electron chi connectivity index (χ4n) is 3.35. The van der Waals surface area contributed by atoms with Gasteiger partial charge in [0.25, 0.3) is 0 Å². The van der Waals surface area contributed by atoms with E-state index < -0.39 is 5.91 Å². The van der Waals surface area contributed by atoms with Crippen molar-refractivity contribution in [1.82, 2.24) is 4.57 Å². The molecule has 25 heavy (non-hydrogen) atoms. The third-order valence-corrected chi connectivity index (χ3v) is 4.93. The number of primary amides is 1. The van der Waals surface area contributed by atoms with E-state index in [1.165, 1.54) is 5.56 Å². The Balaban J connectivity index is 2.06. The van der Waals surface area contributed by atoms with Crippen molar-refractivity contribution >= 4 is 43.6 Å². The third kappa shape index (κ3) is 2.72. The Kier molecular flexibility index (Phi) is 3.85. The number of hydrogen-bond acceptors (Lipinski definition) is 1. The van der Waals surface area contributed by atoms with E-state index in [9.17, 15) is 4.79 Å². The van der Waals surface area contributed by atoms with Crippen LogP contribution in [0.5, 0.6) is 0 Å². The van der Waals surface area contributed by atoms with Crippen molar-refractivity contribution in [2.45, 2.75) is 13.5 Å². The normalized spacial score (nSPS) is 11.3. The number of benzene rings is 3. The molecule has 0 spiro atoms. The highest BCUT2D eigenvalue weighted by Crippen LogP contribution is 2.32. The van der Waals surface area contributed by atoms with Gasteiger partial charge < -0.3 is 10.3 Å². The first-order chi connectivity index (χ1) is 12.0. The molecule has 0 aliphatic rings. The maximum atomic E-state index is 11.9. The molecule has 3 aromatic carbocycles. The zero-order valence-corrected chi connectivity index (χ0v) is 15.3. The number of amides is 1. The lowest BCUT2D eigenvalue weighted by molar-refractivity contribution is 0.100. The number of nitrogens with two attached hydrogens (primary N) is 1. The summed E-state index contributed by atoms with van der Waals surface area (Å²) in [5, 5.41) is 1.81. The molecule has 1 heterocycles. The predicted octanol–water partition coefficient (Wildman–Crippen LogP) is 4.81. The minimum Gasteiger partial charge on any atom is -0.366 e. The Hall–Kier alpha value is -2.59. The molecule has 0 unspecified atom stereocenters. The molecular weight excluding hydrogens is 376 g/mol. The van der Waals surface area contributed by atoms with E-state index in [0.717, 1.165) is 31.8 Å². The largest absolute Gasteiger partial charge is 0.366 e. The summed E-state index contributed by atoms with van der Waals surface area (Å²) in [6.45, 7) is 2.75. The monoisotopic (exact) mass is 391 g/mol. The summed E-state index contributed by atoms with van der Waals surface area (Å²) in [5.74, 6) is -0.416. The van der Waals surface area contributed by atoms with Gasteiger partial charge in [0.05, 0.1) is 11.0 Å². The van der Waals surface area contributed by atoms with Gasteiger partial charge in [-0.2, -0.15) is 0 Å². The fourth-order valence-corrected chi connectivity index (χ4v) is 3.80. The molecule has 4 heteroatoms. The highest BCUT2D eigenvalue weighted by atomic mass is 79.9. The van der Waals surface area contributed by atoms with Gasteiger partial charge in [0.2, 0.25) is 5.91 Å². The van der Waals surface area contributed by atoms with Crippen LogP contribution in [0.25, 0.3) is 21.8 Å². The predicted molar refractivity (Wildman–Crippen MR) is 105 cm³/mol. The van der Waals surface area contributed by atoms with Gasteiger partial charge in [-0.3, -0.25) is 4.79 Å². The van der Waals surface area contributed by atoms with Crippen molar-refractivity contribution in [1.29, 1.82) is 0 Å². The number of fused-ring (bicyclic) bond motifs is 3. The first kappa shape index (κ1) is 15.9. The summed E-state index contributed by atoms with van der Waals surface area (Å²) >= 11 is 3.53. The zero-order chi connectivity index (χ0) is 17.6. The van der Waals surface area contributed by atoms with Crippen LogP contribution in [-0.2, 0) is 6.54 Å². The SMILES string of the molecule is Cc1c[c]c2c3c(C(N)=O)cccc3n(Cc3cccc(Br)c3)c2c1. The van der Waals surface area contributed by atoms with Gasteiger partial charge in [0.1, 0.15) is 0 Å². The Morgan fingerprint density at radius 1 is 1.16 bits per heavy atom. The van der Waals surface area contributed by atoms with Crippen molar-refractivity contribution in [2.75, 3.05) is 0 Å². The van der Waals surface area contributed by atoms with E-state index in [2.05, 4.69) is 44.8 Å². The van der Waals surface area contributed by atoms with E-state index in [0.29, 0.717) is 12.1 Å². The number of halogens is 1. The summed E-state index contributed by atoms with van der Waals surface area (Å²) in [6, 6.07) is 21.4. The molecule has 0 bridgehead atoms. The number of nitrogens with zero attached hydrogens (tertiary/aromatic N) is 1. The lowest BCUT2D eigenvalue weighted by Gasteiger charge is -2.09. The van der Waals surface area contributed by atoms with E-state index in [4.69, 9.17) is 5.73 Å². The molecule has 0 saturated carbocycles. The van der Waals surface area contributed by atoms with E-state index in [1.807, 2.05) is 37.3 Å². The molecule has 0 aliphatic heterocycles. The van der Waals surface area contributed by atoms with Gasteiger partial charge in [-0.05, 0) is 54.4 Å². The van der Waals surface area contributed by atoms with Crippen LogP contribution >= 0.6 is 15.9 Å². The molecule has 0 aliphatic carbocycles. The van der Waals surface area contributed by atoms with Crippen molar-refractivity contribution in [3.63, 3.8) is 0 Å². The van der Waals surface area contributed by atoms with Crippen molar-refractivity contribution in [2.24, 2.45) is 5.73 Å². The molecule has 1 aromatic heterocycles. The number of aromatic nitrogens is 1. The van der Waals surface area contributed by atoms with Crippen LogP contribution < -0.4 is 5.73 Å². The van der Waals surface area contributed by atoms with Crippen molar-refractivity contribution < 1.29 is 4.79 Å². The number of carbonyl (C=O) groups is 1. The maximum Gasteiger partial charge on any atom is 0.249 e. The summed E-state index contributed by atoms with van der Waals surface area (Å²) in [7, 11) is 0. The van der Waals surface area contributed by atoms with Gasteiger partial charge in [0.15, 0.2) is 0 Å². The maximum absolute atomic E-state index is 11.9. The smallest absolute Gasteiger partial charge is 0.249 e. The number of aryl methyl sites for hydroxylation is 1. The van der Waals surface area contributed by atoms with Crippen LogP contribution in [0.1, 0.15) is 21.5 Å². The molecule has 1 radical (unpaired) electrons. The fraction of sp³-hybridized carbons (Fsp3) is 0.0952. The molecular formula is C21H16BrN2O. The second-order valence-corrected chi connectivity index (χ2v) is 7.13. The minimum atomic E-state index is -0.416. The molecule has 3 nitrogen and oxygen atoms in total. The van der Waals surface area contributed by atoms with Gasteiger partial charge in [-0.1, -0.05) is 40.2 Å². The second-order valence-electron chi connectivity index (χ2n) is 6.22. The number of carbonyl (C=O) groups excluding carboxylic acids is 1. The standard InChI is InChI=1S/C21H16BrN2O/c1-13-8-9-16-19(10-13)24(12-14-4-2-5-15(22)11-14)18-7-3-6-17(20(16)18)21(23)25/h2-8,10-11H,12H2,1H3,(H2,23,25). The molecule has 4 aromatic rings. The molecule has 0 atom stereocenters. The number of hydrogen-bond donors (Lipinski definition) is 1. The average Bonchev–Trinajstić information content (AvgIpc) is 2.88. The quantitative estimate of drug-likeness (QED) is 0.534. The summed E-state index contributed by atoms with van der Waals surface area (Å²) < 4.78 is 3.27. The highest BCUT2D eigenvalue weighted by Gasteiger charge is 2.16. The number of rotatable bonds is 3. The molecule has 4 rings (SSSR count). The molecule has 0 saturated heterocycles. The zero-order valence-electron chi connectivity index (χ0n) is 13.7. The lowest BCUT2D eigenvalue weighted by Crippen LogP contribution is -2.11. The summed E-state index contributed by atoms with van der Waals surface area (Å²) in [6.07, 6.45) is 0. The van der Waals surface area contributed by atoms with E-state index in [1.54, 1.807) is 6.07 Å². The Labute approximate surface area is 154 Å². The lowest BCUT2D eigenvalue weighted by atomic mass is 10.1.